The Morgan fingerprint density at radius 1 is 1.23 bits per heavy atom. The van der Waals surface area contributed by atoms with E-state index in [1.54, 1.807) is 13.8 Å². The molecule has 0 radical (unpaired) electrons. The summed E-state index contributed by atoms with van der Waals surface area (Å²) in [6, 6.07) is 10.3. The molecule has 0 aliphatic heterocycles. The van der Waals surface area contributed by atoms with E-state index in [1.165, 1.54) is 5.56 Å². The molecule has 0 fully saturated rings. The van der Waals surface area contributed by atoms with Crippen molar-refractivity contribution in [1.82, 2.24) is 0 Å². The third-order valence-electron chi connectivity index (χ3n) is 1.43. The summed E-state index contributed by atoms with van der Waals surface area (Å²) in [7, 11) is 0. The van der Waals surface area contributed by atoms with Crippen LogP contribution in [0.1, 0.15) is 19.4 Å². The Hall–Kier alpha value is -1.31. The van der Waals surface area contributed by atoms with E-state index in [4.69, 9.17) is 5.11 Å². The molecule has 1 aromatic carbocycles. The first-order chi connectivity index (χ1) is 6.04. The smallest absolute Gasteiger partial charge is 0.305 e. The quantitative estimate of drug-likeness (QED) is 0.721. The lowest BCUT2D eigenvalue weighted by Gasteiger charge is -1.89. The Balaban J connectivity index is 0.000000226. The van der Waals surface area contributed by atoms with Gasteiger partial charge in [-0.05, 0) is 6.92 Å². The van der Waals surface area contributed by atoms with Gasteiger partial charge in [0, 0.05) is 0 Å². The van der Waals surface area contributed by atoms with Gasteiger partial charge in [0.2, 0.25) is 0 Å². The van der Waals surface area contributed by atoms with Crippen LogP contribution in [0.3, 0.4) is 0 Å². The molecule has 72 valence electrons. The number of aryl methyl sites for hydroxylation is 1. The van der Waals surface area contributed by atoms with Crippen molar-refractivity contribution >= 4 is 5.97 Å². The third kappa shape index (κ3) is 7.06. The molecule has 0 bridgehead atoms. The van der Waals surface area contributed by atoms with Crippen LogP contribution in [0.15, 0.2) is 30.3 Å². The maximum Gasteiger partial charge on any atom is 0.305 e. The van der Waals surface area contributed by atoms with E-state index in [-0.39, 0.29) is 5.92 Å². The molecule has 0 atom stereocenters. The molecule has 0 aliphatic rings. The van der Waals surface area contributed by atoms with Crippen LogP contribution in [0.25, 0.3) is 0 Å². The predicted octanol–water partition coefficient (Wildman–Crippen LogP) is 2.72. The molecule has 0 unspecified atom stereocenters. The average molecular weight is 180 g/mol. The van der Waals surface area contributed by atoms with E-state index in [2.05, 4.69) is 19.1 Å². The molecule has 0 spiro atoms. The summed E-state index contributed by atoms with van der Waals surface area (Å²) in [5.74, 6) is -0.972. The van der Waals surface area contributed by atoms with Crippen LogP contribution in [0.5, 0.6) is 0 Å². The highest BCUT2D eigenvalue weighted by Crippen LogP contribution is 1.92. The van der Waals surface area contributed by atoms with Crippen LogP contribution in [-0.4, -0.2) is 11.1 Å². The van der Waals surface area contributed by atoms with Crippen molar-refractivity contribution in [2.45, 2.75) is 20.8 Å². The minimum Gasteiger partial charge on any atom is -0.481 e. The molecular formula is C11H16O2. The highest BCUT2D eigenvalue weighted by Gasteiger charge is 1.99. The summed E-state index contributed by atoms with van der Waals surface area (Å²) in [6.45, 7) is 5.37. The van der Waals surface area contributed by atoms with Crippen LogP contribution < -0.4 is 0 Å². The fourth-order valence-corrected chi connectivity index (χ4v) is 0.534. The number of carboxylic acids is 1. The summed E-state index contributed by atoms with van der Waals surface area (Å²) in [5, 5.41) is 7.99. The van der Waals surface area contributed by atoms with Gasteiger partial charge in [0.25, 0.3) is 0 Å². The summed E-state index contributed by atoms with van der Waals surface area (Å²) in [4.78, 5) is 9.70. The van der Waals surface area contributed by atoms with E-state index in [1.807, 2.05) is 18.2 Å². The second kappa shape index (κ2) is 6.23. The molecule has 1 N–H and O–H groups in total. The molecule has 1 aromatic rings. The third-order valence-corrected chi connectivity index (χ3v) is 1.43. The van der Waals surface area contributed by atoms with E-state index in [9.17, 15) is 4.79 Å². The van der Waals surface area contributed by atoms with E-state index >= 15 is 0 Å². The minimum absolute atomic E-state index is 0.231. The molecule has 0 aromatic heterocycles. The lowest BCUT2D eigenvalue weighted by atomic mass is 10.2. The van der Waals surface area contributed by atoms with Crippen LogP contribution in [0.4, 0.5) is 0 Å². The van der Waals surface area contributed by atoms with Crippen LogP contribution in [0.2, 0.25) is 0 Å². The molecule has 0 aliphatic carbocycles. The standard InChI is InChI=1S/C7H8.C4H8O2/c1-7-5-3-2-4-6-7;1-3(2)4(5)6/h2-6H,1H3;3H,1-2H3,(H,5,6). The van der Waals surface area contributed by atoms with Gasteiger partial charge in [-0.1, -0.05) is 49.7 Å². The van der Waals surface area contributed by atoms with Gasteiger partial charge in [-0.2, -0.15) is 0 Å². The van der Waals surface area contributed by atoms with Crippen molar-refractivity contribution in [3.05, 3.63) is 35.9 Å². The first-order valence-corrected chi connectivity index (χ1v) is 4.28. The maximum atomic E-state index is 9.70. The number of benzene rings is 1. The summed E-state index contributed by atoms with van der Waals surface area (Å²) in [5.41, 5.74) is 1.32. The van der Waals surface area contributed by atoms with E-state index < -0.39 is 5.97 Å². The Kier molecular flexibility index (Phi) is 5.60. The Morgan fingerprint density at radius 2 is 1.62 bits per heavy atom. The van der Waals surface area contributed by atoms with E-state index in [0.717, 1.165) is 0 Å². The highest BCUT2D eigenvalue weighted by atomic mass is 16.4. The normalized spacial score (nSPS) is 8.92. The monoisotopic (exact) mass is 180 g/mol. The zero-order chi connectivity index (χ0) is 10.3. The number of carbonyl (C=O) groups is 1. The lowest BCUT2D eigenvalue weighted by molar-refractivity contribution is -0.140. The lowest BCUT2D eigenvalue weighted by Crippen LogP contribution is -2.03. The topological polar surface area (TPSA) is 37.3 Å². The summed E-state index contributed by atoms with van der Waals surface area (Å²) >= 11 is 0. The minimum atomic E-state index is -0.741. The average Bonchev–Trinajstić information content (AvgIpc) is 2.06. The van der Waals surface area contributed by atoms with Gasteiger partial charge in [-0.3, -0.25) is 4.79 Å². The predicted molar refractivity (Wildman–Crippen MR) is 53.7 cm³/mol. The Labute approximate surface area is 79.2 Å². The van der Waals surface area contributed by atoms with Crippen LogP contribution in [0, 0.1) is 12.8 Å². The van der Waals surface area contributed by atoms with Gasteiger partial charge in [0.05, 0.1) is 5.92 Å². The fraction of sp³-hybridized carbons (Fsp3) is 0.364. The number of aliphatic carboxylic acids is 1. The van der Waals surface area contributed by atoms with Crippen molar-refractivity contribution in [3.8, 4) is 0 Å². The Morgan fingerprint density at radius 3 is 1.77 bits per heavy atom. The molecule has 1 rings (SSSR count). The largest absolute Gasteiger partial charge is 0.481 e. The van der Waals surface area contributed by atoms with Gasteiger partial charge in [0.1, 0.15) is 0 Å². The fourth-order valence-electron chi connectivity index (χ4n) is 0.534. The van der Waals surface area contributed by atoms with Gasteiger partial charge < -0.3 is 5.11 Å². The highest BCUT2D eigenvalue weighted by molar-refractivity contribution is 5.68. The van der Waals surface area contributed by atoms with Gasteiger partial charge in [-0.25, -0.2) is 0 Å². The van der Waals surface area contributed by atoms with Gasteiger partial charge in [0.15, 0.2) is 0 Å². The number of carboxylic acid groups (broad SMARTS) is 1. The molecule has 0 saturated carbocycles. The first-order valence-electron chi connectivity index (χ1n) is 4.28. The number of hydrogen-bond acceptors (Lipinski definition) is 1. The van der Waals surface area contributed by atoms with Crippen molar-refractivity contribution in [3.63, 3.8) is 0 Å². The van der Waals surface area contributed by atoms with Crippen LogP contribution >= 0.6 is 0 Å². The SMILES string of the molecule is CC(C)C(=O)O.Cc1ccccc1. The summed E-state index contributed by atoms with van der Waals surface area (Å²) < 4.78 is 0. The molecule has 2 heteroatoms. The van der Waals surface area contributed by atoms with Crippen LogP contribution in [-0.2, 0) is 4.79 Å². The Bertz CT molecular complexity index is 240. The molecule has 0 heterocycles. The molecule has 0 saturated heterocycles. The molecular weight excluding hydrogens is 164 g/mol. The van der Waals surface area contributed by atoms with Gasteiger partial charge in [-0.15, -0.1) is 0 Å². The second-order valence-corrected chi connectivity index (χ2v) is 3.15. The van der Waals surface area contributed by atoms with Crippen molar-refractivity contribution in [2.75, 3.05) is 0 Å². The number of hydrogen-bond donors (Lipinski definition) is 1. The van der Waals surface area contributed by atoms with E-state index in [0.29, 0.717) is 0 Å². The number of rotatable bonds is 1. The van der Waals surface area contributed by atoms with Crippen molar-refractivity contribution < 1.29 is 9.90 Å². The van der Waals surface area contributed by atoms with Crippen molar-refractivity contribution in [1.29, 1.82) is 0 Å². The molecule has 13 heavy (non-hydrogen) atoms. The van der Waals surface area contributed by atoms with Gasteiger partial charge >= 0.3 is 5.97 Å². The molecule has 0 amide bonds. The molecule has 2 nitrogen and oxygen atoms in total. The second-order valence-electron chi connectivity index (χ2n) is 3.15. The zero-order valence-corrected chi connectivity index (χ0v) is 8.32. The summed E-state index contributed by atoms with van der Waals surface area (Å²) in [6.07, 6.45) is 0. The zero-order valence-electron chi connectivity index (χ0n) is 8.32. The van der Waals surface area contributed by atoms with Crippen molar-refractivity contribution in [2.24, 2.45) is 5.92 Å². The first kappa shape index (κ1) is 11.7. The maximum absolute atomic E-state index is 9.70.